The molecule has 2 aliphatic carbocycles. The molecule has 4 rings (SSSR count). The fraction of sp³-hybridized carbons (Fsp3) is 0.364. The summed E-state index contributed by atoms with van der Waals surface area (Å²) < 4.78 is 26.7. The van der Waals surface area contributed by atoms with Crippen LogP contribution in [0.4, 0.5) is 8.78 Å². The van der Waals surface area contributed by atoms with Crippen LogP contribution < -0.4 is 51.4 Å². The van der Waals surface area contributed by atoms with Crippen LogP contribution in [0.5, 0.6) is 0 Å². The summed E-state index contributed by atoms with van der Waals surface area (Å²) >= 11 is 0. The van der Waals surface area contributed by atoms with E-state index in [4.69, 9.17) is 10.4 Å². The van der Waals surface area contributed by atoms with E-state index in [-0.39, 0.29) is 62.7 Å². The Hall–Kier alpha value is -1.14. The average Bonchev–Trinajstić information content (AvgIpc) is 2.57. The van der Waals surface area contributed by atoms with Crippen LogP contribution in [0.3, 0.4) is 0 Å². The van der Waals surface area contributed by atoms with E-state index < -0.39 is 22.6 Å². The summed E-state index contributed by atoms with van der Waals surface area (Å²) in [5, 5.41) is 18.1. The number of hydrogen-bond donors (Lipinski definition) is 1. The summed E-state index contributed by atoms with van der Waals surface area (Å²) in [5.41, 5.74) is -0.570. The number of halogens is 2. The monoisotopic (exact) mass is 425 g/mol. The Bertz CT molecular complexity index is 890. The number of benzene rings is 2. The molecule has 4 nitrogen and oxygen atoms in total. The van der Waals surface area contributed by atoms with Crippen LogP contribution in [-0.4, -0.2) is 16.6 Å². The molecule has 2 fully saturated rings. The Labute approximate surface area is 211 Å². The Morgan fingerprint density at radius 2 is 1.34 bits per heavy atom. The molecule has 0 bridgehead atoms. The van der Waals surface area contributed by atoms with Crippen molar-refractivity contribution in [2.75, 3.05) is 0 Å². The first-order chi connectivity index (χ1) is 12.9. The first-order valence-corrected chi connectivity index (χ1v) is 9.10. The zero-order valence-corrected chi connectivity index (χ0v) is 19.5. The molecular weight excluding hydrogens is 403 g/mol. The van der Waals surface area contributed by atoms with E-state index in [1.165, 1.54) is 12.1 Å². The molecule has 0 heterocycles. The number of rotatable bonds is 3. The van der Waals surface area contributed by atoms with E-state index in [1.54, 1.807) is 36.4 Å². The predicted molar refractivity (Wildman–Crippen MR) is 99.0 cm³/mol. The molecule has 0 unspecified atom stereocenters. The topological polar surface area (TPSA) is 91.1 Å². The van der Waals surface area contributed by atoms with Crippen molar-refractivity contribution in [2.24, 2.45) is 0 Å². The Kier molecular flexibility index (Phi) is 9.60. The van der Waals surface area contributed by atoms with Gasteiger partial charge in [0.2, 0.25) is 0 Å². The predicted octanol–water partition coefficient (Wildman–Crippen LogP) is 1.93. The average molecular weight is 426 g/mol. The van der Waals surface area contributed by atoms with Crippen molar-refractivity contribution in [1.29, 1.82) is 5.26 Å². The van der Waals surface area contributed by atoms with E-state index in [9.17, 15) is 13.6 Å². The van der Waals surface area contributed by atoms with Crippen LogP contribution >= 0.6 is 0 Å². The number of carbonyl (C=O) groups is 1. The van der Waals surface area contributed by atoms with E-state index in [0.717, 1.165) is 25.7 Å². The van der Waals surface area contributed by atoms with E-state index >= 15 is 0 Å². The second-order valence-corrected chi connectivity index (χ2v) is 7.25. The van der Waals surface area contributed by atoms with Crippen LogP contribution in [0.25, 0.3) is 0 Å². The molecule has 7 heteroatoms. The second kappa shape index (κ2) is 10.8. The number of carboxylic acids is 1. The molecule has 29 heavy (non-hydrogen) atoms. The minimum atomic E-state index is -0.953. The van der Waals surface area contributed by atoms with Crippen LogP contribution in [-0.2, 0) is 15.6 Å². The van der Waals surface area contributed by atoms with Crippen LogP contribution in [0.15, 0.2) is 48.5 Å². The molecule has 2 aliphatic rings. The molecule has 0 aliphatic heterocycles. The third-order valence-electron chi connectivity index (χ3n) is 5.82. The number of hydrogen-bond acceptors (Lipinski definition) is 3. The fourth-order valence-corrected chi connectivity index (χ4v) is 3.80. The summed E-state index contributed by atoms with van der Waals surface area (Å²) in [6, 6.07) is 15.0. The SMILES string of the molecule is N#CC1(c2ccccc2F)CCC1.O=C(O)C1(c2ccccc2F)CCC1.[K+].[OH-]. The van der Waals surface area contributed by atoms with Gasteiger partial charge in [-0.25, -0.2) is 8.78 Å². The van der Waals surface area contributed by atoms with Gasteiger partial charge >= 0.3 is 57.4 Å². The largest absolute Gasteiger partial charge is 1.00 e. The van der Waals surface area contributed by atoms with Crippen molar-refractivity contribution in [3.63, 3.8) is 0 Å². The van der Waals surface area contributed by atoms with E-state index in [1.807, 2.05) is 0 Å². The first kappa shape index (κ1) is 25.9. The molecule has 2 aromatic rings. The Morgan fingerprint density at radius 3 is 1.66 bits per heavy atom. The molecule has 2 N–H and O–H groups in total. The van der Waals surface area contributed by atoms with Gasteiger partial charge < -0.3 is 10.6 Å². The van der Waals surface area contributed by atoms with Crippen molar-refractivity contribution in [3.8, 4) is 6.07 Å². The Balaban J connectivity index is 0.000000272. The van der Waals surface area contributed by atoms with Gasteiger partial charge in [-0.15, -0.1) is 0 Å². The van der Waals surface area contributed by atoms with E-state index in [0.29, 0.717) is 24.0 Å². The number of nitrogens with zero attached hydrogens (tertiary/aromatic N) is 1. The van der Waals surface area contributed by atoms with Gasteiger partial charge in [-0.3, -0.25) is 4.79 Å². The van der Waals surface area contributed by atoms with Crippen LogP contribution in [0, 0.1) is 23.0 Å². The maximum atomic E-state index is 13.4. The zero-order valence-electron chi connectivity index (χ0n) is 16.4. The van der Waals surface area contributed by atoms with Gasteiger partial charge in [0.15, 0.2) is 0 Å². The minimum Gasteiger partial charge on any atom is -0.870 e. The van der Waals surface area contributed by atoms with Gasteiger partial charge in [-0.05, 0) is 44.2 Å². The molecule has 148 valence electrons. The summed E-state index contributed by atoms with van der Waals surface area (Å²) in [5.74, 6) is -1.56. The fourth-order valence-electron chi connectivity index (χ4n) is 3.80. The molecule has 2 saturated carbocycles. The first-order valence-electron chi connectivity index (χ1n) is 9.10. The summed E-state index contributed by atoms with van der Waals surface area (Å²) in [7, 11) is 0. The van der Waals surface area contributed by atoms with Gasteiger partial charge in [0.1, 0.15) is 11.6 Å². The molecule has 0 atom stereocenters. The molecule has 0 aromatic heterocycles. The number of carboxylic acid groups (broad SMARTS) is 1. The van der Waals surface area contributed by atoms with Gasteiger partial charge in [0.25, 0.3) is 0 Å². The number of aliphatic carboxylic acids is 1. The van der Waals surface area contributed by atoms with Crippen molar-refractivity contribution in [1.82, 2.24) is 0 Å². The Morgan fingerprint density at radius 1 is 0.897 bits per heavy atom. The third-order valence-corrected chi connectivity index (χ3v) is 5.82. The second-order valence-electron chi connectivity index (χ2n) is 7.25. The maximum Gasteiger partial charge on any atom is 1.00 e. The maximum absolute atomic E-state index is 13.4. The standard InChI is InChI=1S/C11H10FN.C11H11FO2.K.H2O/c12-10-5-2-1-4-9(10)11(8-13)6-3-7-11;12-9-5-2-1-4-8(9)11(10(13)14)6-3-7-11;;/h1-2,4-5H,3,6-7H2;1-2,4-5H,3,6-7H2,(H,13,14);;1H2/q;;+1;/p-1. The molecular formula is C22H22F2KNO3. The summed E-state index contributed by atoms with van der Waals surface area (Å²) in [6.45, 7) is 0. The molecule has 0 saturated heterocycles. The van der Waals surface area contributed by atoms with Crippen molar-refractivity contribution < 1.29 is 75.5 Å². The van der Waals surface area contributed by atoms with Gasteiger partial charge in [0, 0.05) is 11.1 Å². The van der Waals surface area contributed by atoms with E-state index in [2.05, 4.69) is 6.07 Å². The van der Waals surface area contributed by atoms with Crippen LogP contribution in [0.1, 0.15) is 49.7 Å². The van der Waals surface area contributed by atoms with Crippen molar-refractivity contribution >= 4 is 5.97 Å². The third kappa shape index (κ3) is 4.96. The zero-order chi connectivity index (χ0) is 19.5. The quantitative estimate of drug-likeness (QED) is 0.761. The minimum absolute atomic E-state index is 0. The van der Waals surface area contributed by atoms with Crippen molar-refractivity contribution in [2.45, 2.75) is 49.4 Å². The summed E-state index contributed by atoms with van der Waals surface area (Å²) in [6.07, 6.45) is 4.57. The number of nitriles is 1. The molecule has 0 spiro atoms. The molecule has 0 radical (unpaired) electrons. The van der Waals surface area contributed by atoms with Gasteiger partial charge in [-0.2, -0.15) is 5.26 Å². The molecule has 2 aromatic carbocycles. The van der Waals surface area contributed by atoms with Crippen LogP contribution in [0.2, 0.25) is 0 Å². The normalized spacial score (nSPS) is 17.4. The van der Waals surface area contributed by atoms with Gasteiger partial charge in [0.05, 0.1) is 16.9 Å². The smallest absolute Gasteiger partial charge is 0.870 e. The van der Waals surface area contributed by atoms with Crippen molar-refractivity contribution in [3.05, 3.63) is 71.3 Å². The summed E-state index contributed by atoms with van der Waals surface area (Å²) in [4.78, 5) is 11.1. The van der Waals surface area contributed by atoms with Gasteiger partial charge in [-0.1, -0.05) is 42.8 Å². The molecule has 0 amide bonds.